The minimum atomic E-state index is -0.386. The number of nitrogens with one attached hydrogen (secondary N) is 1. The zero-order chi connectivity index (χ0) is 22.2. The van der Waals surface area contributed by atoms with Gasteiger partial charge in [-0.25, -0.2) is 14.5 Å². The molecular weight excluding hydrogens is 426 g/mol. The number of β-amino-alcohol motifs (C(OH)–C–C–N with tert-alkyl or cyclic N) is 1. The van der Waals surface area contributed by atoms with Gasteiger partial charge in [-0.3, -0.25) is 4.79 Å². The van der Waals surface area contributed by atoms with Crippen molar-refractivity contribution < 1.29 is 9.90 Å². The highest BCUT2D eigenvalue weighted by Crippen LogP contribution is 2.30. The molecule has 10 heteroatoms. The molecule has 0 radical (unpaired) electrons. The number of carbonyl (C=O) groups excluding carboxylic acids is 1. The van der Waals surface area contributed by atoms with Crippen molar-refractivity contribution in [1.82, 2.24) is 24.9 Å². The van der Waals surface area contributed by atoms with Crippen molar-refractivity contribution in [3.8, 4) is 21.8 Å². The van der Waals surface area contributed by atoms with Crippen LogP contribution in [0.5, 0.6) is 0 Å². The molecule has 32 heavy (non-hydrogen) atoms. The summed E-state index contributed by atoms with van der Waals surface area (Å²) in [5.74, 6) is 0.407. The fraction of sp³-hybridized carbons (Fsp3) is 0.273. The number of nitrogens with two attached hydrogens (primary N) is 1. The zero-order valence-electron chi connectivity index (χ0n) is 17.5. The Morgan fingerprint density at radius 1 is 1.31 bits per heavy atom. The fourth-order valence-electron chi connectivity index (χ4n) is 3.56. The van der Waals surface area contributed by atoms with Crippen LogP contribution in [0.2, 0.25) is 0 Å². The molecule has 5 heterocycles. The number of aromatic nitrogens is 4. The molecule has 1 saturated heterocycles. The van der Waals surface area contributed by atoms with E-state index >= 15 is 0 Å². The number of rotatable bonds is 6. The van der Waals surface area contributed by atoms with Gasteiger partial charge in [0.1, 0.15) is 5.82 Å². The van der Waals surface area contributed by atoms with Crippen molar-refractivity contribution in [3.63, 3.8) is 0 Å². The van der Waals surface area contributed by atoms with Crippen LogP contribution in [-0.4, -0.2) is 62.4 Å². The molecule has 0 bridgehead atoms. The van der Waals surface area contributed by atoms with Crippen molar-refractivity contribution in [2.24, 2.45) is 5.73 Å². The van der Waals surface area contributed by atoms with E-state index in [4.69, 9.17) is 15.7 Å². The number of anilines is 1. The number of aliphatic hydroxyl groups is 1. The second-order valence-electron chi connectivity index (χ2n) is 7.96. The SMILES string of the molecule is C[C@H](N)CNC(=O)c1cc(-c2cnn3ccc(-c4cccs4)nc23)nc(N2CC(O)C2)c1. The van der Waals surface area contributed by atoms with Crippen LogP contribution in [-0.2, 0) is 0 Å². The molecule has 1 amide bonds. The largest absolute Gasteiger partial charge is 0.389 e. The predicted octanol–water partition coefficient (Wildman–Crippen LogP) is 1.78. The molecule has 9 nitrogen and oxygen atoms in total. The van der Waals surface area contributed by atoms with Crippen LogP contribution in [0.15, 0.2) is 48.1 Å². The first-order valence-corrected chi connectivity index (χ1v) is 11.2. The van der Waals surface area contributed by atoms with E-state index in [9.17, 15) is 9.90 Å². The third-order valence-electron chi connectivity index (χ3n) is 5.26. The third-order valence-corrected chi connectivity index (χ3v) is 6.16. The maximum atomic E-state index is 12.8. The molecule has 1 fully saturated rings. The Labute approximate surface area is 188 Å². The molecule has 1 aliphatic rings. The number of fused-ring (bicyclic) bond motifs is 1. The summed E-state index contributed by atoms with van der Waals surface area (Å²) >= 11 is 1.62. The summed E-state index contributed by atoms with van der Waals surface area (Å²) in [5, 5.41) is 19.0. The van der Waals surface area contributed by atoms with Gasteiger partial charge in [0.05, 0.1) is 34.1 Å². The number of nitrogens with zero attached hydrogens (tertiary/aromatic N) is 5. The number of carbonyl (C=O) groups is 1. The van der Waals surface area contributed by atoms with E-state index in [1.807, 2.05) is 41.6 Å². The first-order chi connectivity index (χ1) is 15.5. The van der Waals surface area contributed by atoms with Crippen molar-refractivity contribution >= 4 is 28.7 Å². The monoisotopic (exact) mass is 449 g/mol. The van der Waals surface area contributed by atoms with Gasteiger partial charge in [-0.05, 0) is 36.6 Å². The highest BCUT2D eigenvalue weighted by Gasteiger charge is 2.27. The van der Waals surface area contributed by atoms with E-state index in [-0.39, 0.29) is 18.1 Å². The van der Waals surface area contributed by atoms with Gasteiger partial charge in [0.15, 0.2) is 5.65 Å². The van der Waals surface area contributed by atoms with Crippen LogP contribution in [0.25, 0.3) is 27.5 Å². The van der Waals surface area contributed by atoms with Gasteiger partial charge in [-0.15, -0.1) is 11.3 Å². The quantitative estimate of drug-likeness (QED) is 0.410. The predicted molar refractivity (Wildman–Crippen MR) is 124 cm³/mol. The standard InChI is InChI=1S/C22H23N7O2S/c1-13(23)9-24-22(31)14-7-18(26-20(8-14)28-11-15(30)12-28)16-10-25-29-5-4-17(27-21(16)29)19-3-2-6-32-19/h2-8,10,13,15,30H,9,11-12,23H2,1H3,(H,24,31)/t13-/m0/s1. The Bertz CT molecular complexity index is 1260. The van der Waals surface area contributed by atoms with Crippen LogP contribution < -0.4 is 16.0 Å². The number of thiophene rings is 1. The van der Waals surface area contributed by atoms with E-state index in [1.54, 1.807) is 34.2 Å². The average molecular weight is 450 g/mol. The highest BCUT2D eigenvalue weighted by molar-refractivity contribution is 7.13. The normalized spacial score (nSPS) is 15.0. The molecule has 4 N–H and O–H groups in total. The minimum absolute atomic E-state index is 0.148. The Balaban J connectivity index is 1.58. The van der Waals surface area contributed by atoms with Crippen LogP contribution >= 0.6 is 11.3 Å². The molecule has 0 saturated carbocycles. The smallest absolute Gasteiger partial charge is 0.251 e. The number of hydrogen-bond donors (Lipinski definition) is 3. The first-order valence-electron chi connectivity index (χ1n) is 10.4. The summed E-state index contributed by atoms with van der Waals surface area (Å²) < 4.78 is 1.70. The minimum Gasteiger partial charge on any atom is -0.389 e. The summed E-state index contributed by atoms with van der Waals surface area (Å²) in [5.41, 5.74) is 9.10. The highest BCUT2D eigenvalue weighted by atomic mass is 32.1. The topological polar surface area (TPSA) is 122 Å². The third kappa shape index (κ3) is 3.95. The lowest BCUT2D eigenvalue weighted by Gasteiger charge is -2.37. The molecule has 4 aromatic heterocycles. The van der Waals surface area contributed by atoms with Crippen molar-refractivity contribution in [3.05, 3.63) is 53.7 Å². The van der Waals surface area contributed by atoms with Gasteiger partial charge < -0.3 is 21.1 Å². The van der Waals surface area contributed by atoms with Crippen LogP contribution in [0, 0.1) is 0 Å². The average Bonchev–Trinajstić information content (AvgIpc) is 3.44. The van der Waals surface area contributed by atoms with E-state index in [2.05, 4.69) is 10.4 Å². The van der Waals surface area contributed by atoms with Gasteiger partial charge in [0.2, 0.25) is 0 Å². The molecule has 0 aromatic carbocycles. The Hall–Kier alpha value is -3.34. The molecule has 0 spiro atoms. The van der Waals surface area contributed by atoms with Crippen molar-refractivity contribution in [2.45, 2.75) is 19.1 Å². The molecule has 4 aromatic rings. The van der Waals surface area contributed by atoms with Gasteiger partial charge in [-0.2, -0.15) is 5.10 Å². The van der Waals surface area contributed by atoms with Crippen LogP contribution in [0.3, 0.4) is 0 Å². The van der Waals surface area contributed by atoms with E-state index in [0.717, 1.165) is 16.1 Å². The molecule has 164 valence electrons. The lowest BCUT2D eigenvalue weighted by atomic mass is 10.1. The van der Waals surface area contributed by atoms with Gasteiger partial charge in [-0.1, -0.05) is 6.07 Å². The van der Waals surface area contributed by atoms with E-state index in [0.29, 0.717) is 42.4 Å². The van der Waals surface area contributed by atoms with Gasteiger partial charge >= 0.3 is 0 Å². The number of pyridine rings is 1. The first kappa shape index (κ1) is 20.6. The summed E-state index contributed by atoms with van der Waals surface area (Å²) in [6.45, 7) is 3.16. The number of aliphatic hydroxyl groups excluding tert-OH is 1. The fourth-order valence-corrected chi connectivity index (χ4v) is 4.25. The molecule has 0 aliphatic carbocycles. The molecule has 5 rings (SSSR count). The summed E-state index contributed by atoms with van der Waals surface area (Å²) in [6.07, 6.45) is 3.19. The summed E-state index contributed by atoms with van der Waals surface area (Å²) in [6, 6.07) is 9.27. The lowest BCUT2D eigenvalue weighted by molar-refractivity contribution is 0.0951. The lowest BCUT2D eigenvalue weighted by Crippen LogP contribution is -2.51. The second-order valence-corrected chi connectivity index (χ2v) is 8.91. The maximum Gasteiger partial charge on any atom is 0.251 e. The van der Waals surface area contributed by atoms with E-state index in [1.165, 1.54) is 0 Å². The summed E-state index contributed by atoms with van der Waals surface area (Å²) in [4.78, 5) is 25.4. The van der Waals surface area contributed by atoms with E-state index < -0.39 is 0 Å². The van der Waals surface area contributed by atoms with Crippen molar-refractivity contribution in [2.75, 3.05) is 24.5 Å². The van der Waals surface area contributed by atoms with Gasteiger partial charge in [0.25, 0.3) is 5.91 Å². The van der Waals surface area contributed by atoms with Gasteiger partial charge in [0, 0.05) is 37.4 Å². The second kappa shape index (κ2) is 8.30. The maximum absolute atomic E-state index is 12.8. The molecule has 1 aliphatic heterocycles. The number of hydrogen-bond acceptors (Lipinski definition) is 8. The molecule has 0 unspecified atom stereocenters. The van der Waals surface area contributed by atoms with Crippen LogP contribution in [0.4, 0.5) is 5.82 Å². The van der Waals surface area contributed by atoms with Crippen LogP contribution in [0.1, 0.15) is 17.3 Å². The zero-order valence-corrected chi connectivity index (χ0v) is 18.3. The number of amides is 1. The summed E-state index contributed by atoms with van der Waals surface area (Å²) in [7, 11) is 0. The molecular formula is C22H23N7O2S. The Morgan fingerprint density at radius 3 is 2.88 bits per heavy atom. The van der Waals surface area contributed by atoms with Crippen molar-refractivity contribution in [1.29, 1.82) is 0 Å². The Morgan fingerprint density at radius 2 is 2.16 bits per heavy atom. The molecule has 1 atom stereocenters. The Kier molecular flexibility index (Phi) is 5.33.